The predicted molar refractivity (Wildman–Crippen MR) is 75.8 cm³/mol. The summed E-state index contributed by atoms with van der Waals surface area (Å²) >= 11 is 0. The molecule has 0 atom stereocenters. The first-order chi connectivity index (χ1) is 8.46. The maximum atomic E-state index is 9.91. The van der Waals surface area contributed by atoms with Crippen LogP contribution in [0.4, 0.5) is 0 Å². The molecule has 1 aromatic rings. The lowest BCUT2D eigenvalue weighted by Crippen LogP contribution is -2.25. The van der Waals surface area contributed by atoms with Crippen molar-refractivity contribution >= 4 is 0 Å². The number of hydrogen-bond acceptors (Lipinski definition) is 2. The highest BCUT2D eigenvalue weighted by Crippen LogP contribution is 2.31. The van der Waals surface area contributed by atoms with Crippen LogP contribution in [0.2, 0.25) is 0 Å². The Hall–Kier alpha value is -1.02. The molecule has 1 N–H and O–H groups in total. The van der Waals surface area contributed by atoms with Crippen LogP contribution < -0.4 is 0 Å². The van der Waals surface area contributed by atoms with Gasteiger partial charge in [0.1, 0.15) is 5.75 Å². The molecule has 0 amide bonds. The van der Waals surface area contributed by atoms with E-state index in [1.54, 1.807) is 0 Å². The van der Waals surface area contributed by atoms with Crippen molar-refractivity contribution in [3.05, 3.63) is 29.3 Å². The number of likely N-dealkylation sites (tertiary alicyclic amines) is 1. The minimum Gasteiger partial charge on any atom is -0.508 e. The van der Waals surface area contributed by atoms with Crippen LogP contribution in [0.5, 0.6) is 5.75 Å². The van der Waals surface area contributed by atoms with Crippen molar-refractivity contribution in [3.63, 3.8) is 0 Å². The Balaban J connectivity index is 2.03. The van der Waals surface area contributed by atoms with Crippen LogP contribution in [0.15, 0.2) is 18.2 Å². The van der Waals surface area contributed by atoms with Crippen LogP contribution in [-0.2, 0) is 6.54 Å². The van der Waals surface area contributed by atoms with Crippen molar-refractivity contribution in [2.45, 2.75) is 46.6 Å². The molecule has 18 heavy (non-hydrogen) atoms. The molecule has 0 unspecified atom stereocenters. The molecule has 0 bridgehead atoms. The zero-order chi connectivity index (χ0) is 13.2. The van der Waals surface area contributed by atoms with Gasteiger partial charge in [-0.05, 0) is 50.8 Å². The van der Waals surface area contributed by atoms with E-state index in [0.29, 0.717) is 11.2 Å². The first-order valence-corrected chi connectivity index (χ1v) is 6.97. The van der Waals surface area contributed by atoms with Crippen LogP contribution in [0.3, 0.4) is 0 Å². The number of phenolic OH excluding ortho intramolecular Hbond substituents is 1. The molecule has 1 heterocycles. The molecule has 1 saturated heterocycles. The highest BCUT2D eigenvalue weighted by atomic mass is 16.3. The topological polar surface area (TPSA) is 23.5 Å². The second-order valence-corrected chi connectivity index (χ2v) is 6.43. The molecule has 0 spiro atoms. The summed E-state index contributed by atoms with van der Waals surface area (Å²) in [5, 5.41) is 9.91. The molecule has 1 fully saturated rings. The van der Waals surface area contributed by atoms with Gasteiger partial charge in [0, 0.05) is 12.1 Å². The summed E-state index contributed by atoms with van der Waals surface area (Å²) < 4.78 is 0. The third kappa shape index (κ3) is 3.49. The highest BCUT2D eigenvalue weighted by Gasteiger charge is 2.23. The zero-order valence-corrected chi connectivity index (χ0v) is 11.9. The fourth-order valence-corrected chi connectivity index (χ4v) is 2.72. The Morgan fingerprint density at radius 1 is 1.22 bits per heavy atom. The van der Waals surface area contributed by atoms with Crippen molar-refractivity contribution < 1.29 is 5.11 Å². The molecule has 0 aliphatic carbocycles. The van der Waals surface area contributed by atoms with Gasteiger partial charge in [0.25, 0.3) is 0 Å². The SMILES string of the molecule is Cc1ccc(O)c(CN2CCCC(C)(C)CC2)c1. The number of phenols is 1. The fourth-order valence-electron chi connectivity index (χ4n) is 2.72. The lowest BCUT2D eigenvalue weighted by atomic mass is 9.85. The van der Waals surface area contributed by atoms with Crippen molar-refractivity contribution in [3.8, 4) is 5.75 Å². The Morgan fingerprint density at radius 3 is 2.78 bits per heavy atom. The first-order valence-electron chi connectivity index (χ1n) is 6.97. The minimum absolute atomic E-state index is 0.434. The number of aryl methyl sites for hydroxylation is 1. The summed E-state index contributed by atoms with van der Waals surface area (Å²) in [6.45, 7) is 9.97. The van der Waals surface area contributed by atoms with E-state index in [4.69, 9.17) is 0 Å². The Labute approximate surface area is 111 Å². The Kier molecular flexibility index (Phi) is 3.96. The van der Waals surface area contributed by atoms with Crippen LogP contribution in [-0.4, -0.2) is 23.1 Å². The standard InChI is InChI=1S/C16H25NO/c1-13-5-6-15(18)14(11-13)12-17-9-4-7-16(2,3)8-10-17/h5-6,11,18H,4,7-10,12H2,1-3H3. The number of benzene rings is 1. The highest BCUT2D eigenvalue weighted by molar-refractivity contribution is 5.35. The lowest BCUT2D eigenvalue weighted by Gasteiger charge is -2.23. The molecule has 2 nitrogen and oxygen atoms in total. The largest absolute Gasteiger partial charge is 0.508 e. The third-order valence-corrected chi connectivity index (χ3v) is 4.06. The van der Waals surface area contributed by atoms with Gasteiger partial charge < -0.3 is 5.11 Å². The van der Waals surface area contributed by atoms with E-state index in [0.717, 1.165) is 25.2 Å². The second kappa shape index (κ2) is 5.31. The van der Waals surface area contributed by atoms with Crippen molar-refractivity contribution in [2.75, 3.05) is 13.1 Å². The van der Waals surface area contributed by atoms with E-state index in [-0.39, 0.29) is 0 Å². The number of hydrogen-bond donors (Lipinski definition) is 1. The molecule has 0 aromatic heterocycles. The van der Waals surface area contributed by atoms with Gasteiger partial charge in [0.2, 0.25) is 0 Å². The summed E-state index contributed by atoms with van der Waals surface area (Å²) in [5.74, 6) is 0.434. The molecule has 1 aliphatic rings. The van der Waals surface area contributed by atoms with E-state index >= 15 is 0 Å². The number of nitrogens with zero attached hydrogens (tertiary/aromatic N) is 1. The molecule has 0 radical (unpaired) electrons. The molecule has 1 aromatic carbocycles. The van der Waals surface area contributed by atoms with Crippen molar-refractivity contribution in [2.24, 2.45) is 5.41 Å². The molecular formula is C16H25NO. The molecule has 0 saturated carbocycles. The molecule has 2 heteroatoms. The fraction of sp³-hybridized carbons (Fsp3) is 0.625. The summed E-state index contributed by atoms with van der Waals surface area (Å²) in [7, 11) is 0. The molecular weight excluding hydrogens is 222 g/mol. The van der Waals surface area contributed by atoms with Gasteiger partial charge in [0.05, 0.1) is 0 Å². The smallest absolute Gasteiger partial charge is 0.120 e. The number of aromatic hydroxyl groups is 1. The lowest BCUT2D eigenvalue weighted by molar-refractivity contribution is 0.253. The monoisotopic (exact) mass is 247 g/mol. The van der Waals surface area contributed by atoms with Crippen LogP contribution in [0.1, 0.15) is 44.2 Å². The van der Waals surface area contributed by atoms with E-state index in [1.807, 2.05) is 12.1 Å². The number of rotatable bonds is 2. The Morgan fingerprint density at radius 2 is 2.00 bits per heavy atom. The maximum Gasteiger partial charge on any atom is 0.120 e. The van der Waals surface area contributed by atoms with Crippen LogP contribution in [0, 0.1) is 12.3 Å². The quantitative estimate of drug-likeness (QED) is 0.861. The van der Waals surface area contributed by atoms with E-state index in [2.05, 4.69) is 31.7 Å². The summed E-state index contributed by atoms with van der Waals surface area (Å²) in [5.41, 5.74) is 2.76. The van der Waals surface area contributed by atoms with Gasteiger partial charge >= 0.3 is 0 Å². The summed E-state index contributed by atoms with van der Waals surface area (Å²) in [4.78, 5) is 2.48. The maximum absolute atomic E-state index is 9.91. The van der Waals surface area contributed by atoms with E-state index < -0.39 is 0 Å². The van der Waals surface area contributed by atoms with Gasteiger partial charge in [-0.15, -0.1) is 0 Å². The molecule has 1 aliphatic heterocycles. The summed E-state index contributed by atoms with van der Waals surface area (Å²) in [6.07, 6.45) is 3.82. The van der Waals surface area contributed by atoms with Crippen LogP contribution in [0.25, 0.3) is 0 Å². The van der Waals surface area contributed by atoms with Crippen molar-refractivity contribution in [1.82, 2.24) is 4.90 Å². The second-order valence-electron chi connectivity index (χ2n) is 6.43. The van der Waals surface area contributed by atoms with E-state index in [1.165, 1.54) is 24.8 Å². The molecule has 2 rings (SSSR count). The van der Waals surface area contributed by atoms with Crippen molar-refractivity contribution in [1.29, 1.82) is 0 Å². The predicted octanol–water partition coefficient (Wildman–Crippen LogP) is 3.71. The van der Waals surface area contributed by atoms with Gasteiger partial charge in [-0.3, -0.25) is 4.90 Å². The zero-order valence-electron chi connectivity index (χ0n) is 11.9. The Bertz CT molecular complexity index is 412. The average Bonchev–Trinajstić information content (AvgIpc) is 2.46. The normalized spacial score (nSPS) is 20.6. The minimum atomic E-state index is 0.434. The van der Waals surface area contributed by atoms with Gasteiger partial charge in [0.15, 0.2) is 0 Å². The summed E-state index contributed by atoms with van der Waals surface area (Å²) in [6, 6.07) is 5.88. The van der Waals surface area contributed by atoms with Gasteiger partial charge in [-0.1, -0.05) is 31.5 Å². The average molecular weight is 247 g/mol. The third-order valence-electron chi connectivity index (χ3n) is 4.06. The van der Waals surface area contributed by atoms with Gasteiger partial charge in [-0.25, -0.2) is 0 Å². The van der Waals surface area contributed by atoms with Gasteiger partial charge in [-0.2, -0.15) is 0 Å². The first kappa shape index (κ1) is 13.4. The molecule has 100 valence electrons. The van der Waals surface area contributed by atoms with E-state index in [9.17, 15) is 5.11 Å². The van der Waals surface area contributed by atoms with Crippen LogP contribution >= 0.6 is 0 Å².